The molecular weight excluding hydrogens is 436 g/mol. The molecule has 3 aromatic carbocycles. The number of hydrogen-bond donors (Lipinski definition) is 1. The van der Waals surface area contributed by atoms with Crippen LogP contribution in [0.15, 0.2) is 66.7 Å². The molecule has 180 valence electrons. The van der Waals surface area contributed by atoms with E-state index in [0.717, 1.165) is 71.8 Å². The van der Waals surface area contributed by atoms with E-state index in [0.29, 0.717) is 6.04 Å². The SMILES string of the molecule is COc1ccc(-c2nnc(NC3CCN(Cc4ccc(C)cc4)CC3)c3cc(OC)ccc23)cc1. The summed E-state index contributed by atoms with van der Waals surface area (Å²) in [7, 11) is 3.36. The van der Waals surface area contributed by atoms with E-state index >= 15 is 0 Å². The molecule has 35 heavy (non-hydrogen) atoms. The van der Waals surface area contributed by atoms with Crippen LogP contribution in [-0.4, -0.2) is 48.4 Å². The molecule has 0 spiro atoms. The van der Waals surface area contributed by atoms with Gasteiger partial charge in [0.05, 0.1) is 14.2 Å². The van der Waals surface area contributed by atoms with E-state index in [1.54, 1.807) is 14.2 Å². The molecular formula is C29H32N4O2. The first-order chi connectivity index (χ1) is 17.1. The molecule has 1 aliphatic rings. The maximum absolute atomic E-state index is 5.52. The maximum Gasteiger partial charge on any atom is 0.156 e. The molecule has 5 rings (SSSR count). The van der Waals surface area contributed by atoms with Gasteiger partial charge in [0.25, 0.3) is 0 Å². The molecule has 0 unspecified atom stereocenters. The molecule has 1 N–H and O–H groups in total. The molecule has 1 aliphatic heterocycles. The third-order valence-electron chi connectivity index (χ3n) is 6.81. The lowest BCUT2D eigenvalue weighted by Crippen LogP contribution is -2.38. The highest BCUT2D eigenvalue weighted by molar-refractivity contribution is 6.00. The van der Waals surface area contributed by atoms with Crippen molar-refractivity contribution in [2.45, 2.75) is 32.4 Å². The Morgan fingerprint density at radius 1 is 0.829 bits per heavy atom. The number of aromatic nitrogens is 2. The molecule has 6 nitrogen and oxygen atoms in total. The Bertz CT molecular complexity index is 1280. The highest BCUT2D eigenvalue weighted by Crippen LogP contribution is 2.34. The average molecular weight is 469 g/mol. The summed E-state index contributed by atoms with van der Waals surface area (Å²) in [6, 6.07) is 23.2. The first kappa shape index (κ1) is 23.1. The lowest BCUT2D eigenvalue weighted by molar-refractivity contribution is 0.211. The second kappa shape index (κ2) is 10.3. The average Bonchev–Trinajstić information content (AvgIpc) is 2.91. The minimum atomic E-state index is 0.361. The number of nitrogens with zero attached hydrogens (tertiary/aromatic N) is 3. The van der Waals surface area contributed by atoms with Crippen molar-refractivity contribution >= 4 is 16.6 Å². The van der Waals surface area contributed by atoms with Crippen LogP contribution in [0.1, 0.15) is 24.0 Å². The zero-order valence-electron chi connectivity index (χ0n) is 20.6. The third kappa shape index (κ3) is 5.23. The van der Waals surface area contributed by atoms with Gasteiger partial charge < -0.3 is 14.8 Å². The van der Waals surface area contributed by atoms with E-state index in [2.05, 4.69) is 57.7 Å². The quantitative estimate of drug-likeness (QED) is 0.376. The molecule has 0 bridgehead atoms. The van der Waals surface area contributed by atoms with Crippen molar-refractivity contribution in [2.24, 2.45) is 0 Å². The summed E-state index contributed by atoms with van der Waals surface area (Å²) >= 11 is 0. The number of likely N-dealkylation sites (tertiary alicyclic amines) is 1. The van der Waals surface area contributed by atoms with Crippen molar-refractivity contribution in [3.8, 4) is 22.8 Å². The smallest absolute Gasteiger partial charge is 0.156 e. The van der Waals surface area contributed by atoms with Gasteiger partial charge in [0.1, 0.15) is 17.2 Å². The maximum atomic E-state index is 5.52. The highest BCUT2D eigenvalue weighted by atomic mass is 16.5. The molecule has 0 amide bonds. The number of rotatable bonds is 7. The van der Waals surface area contributed by atoms with Gasteiger partial charge in [-0.1, -0.05) is 29.8 Å². The number of methoxy groups -OCH3 is 2. The number of anilines is 1. The zero-order valence-corrected chi connectivity index (χ0v) is 20.6. The van der Waals surface area contributed by atoms with E-state index in [-0.39, 0.29) is 0 Å². The summed E-state index contributed by atoms with van der Waals surface area (Å²) in [6.45, 7) is 5.25. The van der Waals surface area contributed by atoms with Gasteiger partial charge in [0.2, 0.25) is 0 Å². The summed E-state index contributed by atoms with van der Waals surface area (Å²) in [5.74, 6) is 2.44. The van der Waals surface area contributed by atoms with Gasteiger partial charge in [0.15, 0.2) is 5.82 Å². The first-order valence-corrected chi connectivity index (χ1v) is 12.2. The van der Waals surface area contributed by atoms with Crippen LogP contribution in [0.5, 0.6) is 11.5 Å². The van der Waals surface area contributed by atoms with E-state index in [9.17, 15) is 0 Å². The van der Waals surface area contributed by atoms with Crippen LogP contribution in [0, 0.1) is 6.92 Å². The van der Waals surface area contributed by atoms with E-state index in [1.807, 2.05) is 36.4 Å². The Hall–Kier alpha value is -3.64. The van der Waals surface area contributed by atoms with Gasteiger partial charge in [-0.2, -0.15) is 0 Å². The zero-order chi connectivity index (χ0) is 24.2. The largest absolute Gasteiger partial charge is 0.497 e. The van der Waals surface area contributed by atoms with Crippen molar-refractivity contribution in [1.82, 2.24) is 15.1 Å². The van der Waals surface area contributed by atoms with Crippen molar-refractivity contribution in [3.05, 3.63) is 77.9 Å². The van der Waals surface area contributed by atoms with Crippen LogP contribution in [0.4, 0.5) is 5.82 Å². The third-order valence-corrected chi connectivity index (χ3v) is 6.81. The molecule has 0 atom stereocenters. The van der Waals surface area contributed by atoms with Gasteiger partial charge in [-0.15, -0.1) is 10.2 Å². The van der Waals surface area contributed by atoms with Gasteiger partial charge in [-0.3, -0.25) is 4.90 Å². The van der Waals surface area contributed by atoms with Gasteiger partial charge >= 0.3 is 0 Å². The molecule has 1 fully saturated rings. The van der Waals surface area contributed by atoms with Gasteiger partial charge in [-0.05, 0) is 67.8 Å². The summed E-state index contributed by atoms with van der Waals surface area (Å²) in [6.07, 6.45) is 2.14. The monoisotopic (exact) mass is 468 g/mol. The second-order valence-electron chi connectivity index (χ2n) is 9.22. The fourth-order valence-electron chi connectivity index (χ4n) is 4.71. The van der Waals surface area contributed by atoms with Crippen molar-refractivity contribution < 1.29 is 9.47 Å². The standard InChI is InChI=1S/C29H32N4O2/c1-20-4-6-21(7-5-20)19-33-16-14-23(15-17-33)30-29-27-18-25(35-3)12-13-26(27)28(31-32-29)22-8-10-24(34-2)11-9-22/h4-13,18,23H,14-17,19H2,1-3H3,(H,30,32). The van der Waals surface area contributed by atoms with Crippen LogP contribution >= 0.6 is 0 Å². The predicted molar refractivity (Wildman–Crippen MR) is 141 cm³/mol. The van der Waals surface area contributed by atoms with Crippen LogP contribution in [-0.2, 0) is 6.54 Å². The summed E-state index contributed by atoms with van der Waals surface area (Å²) in [5.41, 5.74) is 4.54. The van der Waals surface area contributed by atoms with E-state index in [1.165, 1.54) is 11.1 Å². The number of fused-ring (bicyclic) bond motifs is 1. The molecule has 0 aliphatic carbocycles. The molecule has 0 saturated carbocycles. The number of nitrogens with one attached hydrogen (secondary N) is 1. The van der Waals surface area contributed by atoms with Gasteiger partial charge in [0, 0.05) is 42.0 Å². The Balaban J connectivity index is 1.34. The lowest BCUT2D eigenvalue weighted by Gasteiger charge is -2.32. The van der Waals surface area contributed by atoms with Crippen LogP contribution in [0.2, 0.25) is 0 Å². The topological polar surface area (TPSA) is 59.5 Å². The lowest BCUT2D eigenvalue weighted by atomic mass is 10.0. The Morgan fingerprint density at radius 2 is 1.51 bits per heavy atom. The number of piperidine rings is 1. The van der Waals surface area contributed by atoms with Crippen LogP contribution in [0.25, 0.3) is 22.0 Å². The molecule has 2 heterocycles. The normalized spacial score (nSPS) is 14.7. The predicted octanol–water partition coefficient (Wildman–Crippen LogP) is 5.70. The van der Waals surface area contributed by atoms with E-state index in [4.69, 9.17) is 9.47 Å². The van der Waals surface area contributed by atoms with Crippen LogP contribution < -0.4 is 14.8 Å². The molecule has 1 saturated heterocycles. The van der Waals surface area contributed by atoms with E-state index < -0.39 is 0 Å². The Morgan fingerprint density at radius 3 is 2.20 bits per heavy atom. The minimum Gasteiger partial charge on any atom is -0.497 e. The molecule has 4 aromatic rings. The fourth-order valence-corrected chi connectivity index (χ4v) is 4.71. The van der Waals surface area contributed by atoms with Gasteiger partial charge in [-0.25, -0.2) is 0 Å². The number of ether oxygens (including phenoxy) is 2. The summed E-state index contributed by atoms with van der Waals surface area (Å²) in [5, 5.41) is 15.0. The Kier molecular flexibility index (Phi) is 6.82. The summed E-state index contributed by atoms with van der Waals surface area (Å²) in [4.78, 5) is 2.53. The minimum absolute atomic E-state index is 0.361. The second-order valence-corrected chi connectivity index (χ2v) is 9.22. The van der Waals surface area contributed by atoms with Crippen LogP contribution in [0.3, 0.4) is 0 Å². The molecule has 6 heteroatoms. The summed E-state index contributed by atoms with van der Waals surface area (Å²) < 4.78 is 10.8. The molecule has 1 aromatic heterocycles. The van der Waals surface area contributed by atoms with Crippen molar-refractivity contribution in [1.29, 1.82) is 0 Å². The van der Waals surface area contributed by atoms with Crippen molar-refractivity contribution in [2.75, 3.05) is 32.6 Å². The highest BCUT2D eigenvalue weighted by Gasteiger charge is 2.21. The number of hydrogen-bond acceptors (Lipinski definition) is 6. The number of benzene rings is 3. The fraction of sp³-hybridized carbons (Fsp3) is 0.310. The number of aryl methyl sites for hydroxylation is 1. The van der Waals surface area contributed by atoms with Crippen molar-refractivity contribution in [3.63, 3.8) is 0 Å². The first-order valence-electron chi connectivity index (χ1n) is 12.2. The Labute approximate surface area is 206 Å². The molecule has 0 radical (unpaired) electrons.